The Labute approximate surface area is 94.8 Å². The lowest BCUT2D eigenvalue weighted by Crippen LogP contribution is -2.11. The number of nitrogens with zero attached hydrogens (tertiary/aromatic N) is 1. The summed E-state index contributed by atoms with van der Waals surface area (Å²) in [6.45, 7) is 5.21. The average molecular weight is 218 g/mol. The van der Waals surface area contributed by atoms with E-state index in [0.29, 0.717) is 17.0 Å². The molecule has 0 bridgehead atoms. The van der Waals surface area contributed by atoms with Crippen LogP contribution in [0.4, 0.5) is 5.69 Å². The van der Waals surface area contributed by atoms with Gasteiger partial charge in [0, 0.05) is 6.92 Å². The van der Waals surface area contributed by atoms with E-state index in [0.717, 1.165) is 0 Å². The van der Waals surface area contributed by atoms with Crippen molar-refractivity contribution < 1.29 is 9.53 Å². The zero-order valence-corrected chi connectivity index (χ0v) is 9.57. The highest BCUT2D eigenvalue weighted by atomic mass is 16.5. The Bertz CT molecular complexity index is 433. The molecule has 0 aliphatic rings. The van der Waals surface area contributed by atoms with Crippen molar-refractivity contribution in [2.75, 3.05) is 5.32 Å². The van der Waals surface area contributed by atoms with Crippen LogP contribution in [0.25, 0.3) is 0 Å². The lowest BCUT2D eigenvalue weighted by molar-refractivity contribution is -0.114. The third kappa shape index (κ3) is 3.28. The largest absolute Gasteiger partial charge is 0.489 e. The molecule has 0 heterocycles. The van der Waals surface area contributed by atoms with Crippen LogP contribution in [0.5, 0.6) is 5.75 Å². The molecule has 16 heavy (non-hydrogen) atoms. The smallest absolute Gasteiger partial charge is 0.221 e. The number of carbonyl (C=O) groups is 1. The van der Waals surface area contributed by atoms with Gasteiger partial charge < -0.3 is 10.1 Å². The molecule has 0 fully saturated rings. The maximum Gasteiger partial charge on any atom is 0.221 e. The minimum Gasteiger partial charge on any atom is -0.489 e. The second kappa shape index (κ2) is 5.17. The fraction of sp³-hybridized carbons (Fsp3) is 0.333. The highest BCUT2D eigenvalue weighted by Crippen LogP contribution is 2.26. The predicted octanol–water partition coefficient (Wildman–Crippen LogP) is 2.30. The van der Waals surface area contributed by atoms with Gasteiger partial charge in [-0.15, -0.1) is 0 Å². The predicted molar refractivity (Wildman–Crippen MR) is 61.2 cm³/mol. The molecule has 0 saturated carbocycles. The first-order valence-corrected chi connectivity index (χ1v) is 5.01. The van der Waals surface area contributed by atoms with Crippen LogP contribution in [0.3, 0.4) is 0 Å². The molecule has 84 valence electrons. The number of ether oxygens (including phenoxy) is 1. The number of hydrogen-bond acceptors (Lipinski definition) is 3. The summed E-state index contributed by atoms with van der Waals surface area (Å²) in [6.07, 6.45) is 0.0143. The van der Waals surface area contributed by atoms with Gasteiger partial charge >= 0.3 is 0 Å². The van der Waals surface area contributed by atoms with Gasteiger partial charge in [0.25, 0.3) is 0 Å². The Morgan fingerprint density at radius 1 is 1.50 bits per heavy atom. The third-order valence-corrected chi connectivity index (χ3v) is 1.78. The fourth-order valence-corrected chi connectivity index (χ4v) is 1.24. The van der Waals surface area contributed by atoms with Crippen LogP contribution in [0.1, 0.15) is 26.3 Å². The van der Waals surface area contributed by atoms with Gasteiger partial charge in [0.15, 0.2) is 0 Å². The van der Waals surface area contributed by atoms with E-state index in [1.54, 1.807) is 18.2 Å². The van der Waals surface area contributed by atoms with Gasteiger partial charge in [-0.2, -0.15) is 5.26 Å². The first-order chi connectivity index (χ1) is 7.52. The second-order valence-electron chi connectivity index (χ2n) is 3.67. The first kappa shape index (κ1) is 12.1. The fourth-order valence-electron chi connectivity index (χ4n) is 1.24. The maximum absolute atomic E-state index is 11.0. The second-order valence-corrected chi connectivity index (χ2v) is 3.67. The Morgan fingerprint density at radius 2 is 2.19 bits per heavy atom. The van der Waals surface area contributed by atoms with Crippen LogP contribution in [-0.4, -0.2) is 12.0 Å². The van der Waals surface area contributed by atoms with Crippen LogP contribution < -0.4 is 10.1 Å². The molecule has 4 heteroatoms. The van der Waals surface area contributed by atoms with Gasteiger partial charge in [-0.3, -0.25) is 4.79 Å². The van der Waals surface area contributed by atoms with Crippen LogP contribution in [0.2, 0.25) is 0 Å². The third-order valence-electron chi connectivity index (χ3n) is 1.78. The monoisotopic (exact) mass is 218 g/mol. The quantitative estimate of drug-likeness (QED) is 0.846. The molecule has 1 N–H and O–H groups in total. The molecule has 0 spiro atoms. The molecule has 0 aliphatic carbocycles. The van der Waals surface area contributed by atoms with Crippen molar-refractivity contribution in [3.8, 4) is 11.8 Å². The lowest BCUT2D eigenvalue weighted by atomic mass is 10.2. The highest BCUT2D eigenvalue weighted by Gasteiger charge is 2.08. The van der Waals surface area contributed by atoms with Crippen molar-refractivity contribution >= 4 is 11.6 Å². The maximum atomic E-state index is 11.0. The van der Waals surface area contributed by atoms with E-state index in [1.807, 2.05) is 19.9 Å². The molecule has 4 nitrogen and oxygen atoms in total. The number of benzene rings is 1. The van der Waals surface area contributed by atoms with Crippen LogP contribution in [0, 0.1) is 11.3 Å². The zero-order chi connectivity index (χ0) is 12.1. The van der Waals surface area contributed by atoms with E-state index >= 15 is 0 Å². The molecule has 1 aromatic carbocycles. The number of nitriles is 1. The standard InChI is InChI=1S/C12H14N2O2/c1-8(2)16-12-5-4-10(7-13)6-11(12)14-9(3)15/h4-6,8H,1-3H3,(H,14,15). The SMILES string of the molecule is CC(=O)Nc1cc(C#N)ccc1OC(C)C. The number of amides is 1. The van der Waals surface area contributed by atoms with Crippen molar-refractivity contribution in [3.63, 3.8) is 0 Å². The highest BCUT2D eigenvalue weighted by molar-refractivity contribution is 5.90. The van der Waals surface area contributed by atoms with Gasteiger partial charge in [0.2, 0.25) is 5.91 Å². The number of anilines is 1. The van der Waals surface area contributed by atoms with E-state index in [-0.39, 0.29) is 12.0 Å². The van der Waals surface area contributed by atoms with Crippen molar-refractivity contribution in [1.29, 1.82) is 5.26 Å². The van der Waals surface area contributed by atoms with Gasteiger partial charge in [-0.05, 0) is 32.0 Å². The molecular formula is C12H14N2O2. The molecule has 0 atom stereocenters. The van der Waals surface area contributed by atoms with Gasteiger partial charge in [0.05, 0.1) is 23.4 Å². The van der Waals surface area contributed by atoms with Crippen LogP contribution >= 0.6 is 0 Å². The topological polar surface area (TPSA) is 62.1 Å². The minimum absolute atomic E-state index is 0.0143. The Balaban J connectivity index is 3.06. The van der Waals surface area contributed by atoms with Crippen LogP contribution in [-0.2, 0) is 4.79 Å². The van der Waals surface area contributed by atoms with Crippen LogP contribution in [0.15, 0.2) is 18.2 Å². The number of rotatable bonds is 3. The Kier molecular flexibility index (Phi) is 3.90. The summed E-state index contributed by atoms with van der Waals surface area (Å²) in [5, 5.41) is 11.4. The Morgan fingerprint density at radius 3 is 2.69 bits per heavy atom. The first-order valence-electron chi connectivity index (χ1n) is 5.01. The summed E-state index contributed by atoms with van der Waals surface area (Å²) in [7, 11) is 0. The average Bonchev–Trinajstić information content (AvgIpc) is 2.19. The van der Waals surface area contributed by atoms with E-state index < -0.39 is 0 Å². The van der Waals surface area contributed by atoms with E-state index in [4.69, 9.17) is 10.00 Å². The molecule has 1 amide bonds. The lowest BCUT2D eigenvalue weighted by Gasteiger charge is -2.14. The minimum atomic E-state index is -0.191. The normalized spacial score (nSPS) is 9.69. The summed E-state index contributed by atoms with van der Waals surface area (Å²) in [4.78, 5) is 11.0. The molecular weight excluding hydrogens is 204 g/mol. The summed E-state index contributed by atoms with van der Waals surface area (Å²) in [5.41, 5.74) is 1.01. The van der Waals surface area contributed by atoms with Gasteiger partial charge in [-0.1, -0.05) is 0 Å². The molecule has 1 aromatic rings. The van der Waals surface area contributed by atoms with Gasteiger partial charge in [0.1, 0.15) is 5.75 Å². The van der Waals surface area contributed by atoms with Crippen molar-refractivity contribution in [2.45, 2.75) is 26.9 Å². The molecule has 0 aliphatic heterocycles. The number of carbonyl (C=O) groups excluding carboxylic acids is 1. The molecule has 0 radical (unpaired) electrons. The number of hydrogen-bond donors (Lipinski definition) is 1. The zero-order valence-electron chi connectivity index (χ0n) is 9.57. The molecule has 0 saturated heterocycles. The van der Waals surface area contributed by atoms with E-state index in [2.05, 4.69) is 5.32 Å². The van der Waals surface area contributed by atoms with Crippen molar-refractivity contribution in [2.24, 2.45) is 0 Å². The van der Waals surface area contributed by atoms with Crippen molar-refractivity contribution in [1.82, 2.24) is 0 Å². The van der Waals surface area contributed by atoms with E-state index in [9.17, 15) is 4.79 Å². The summed E-state index contributed by atoms with van der Waals surface area (Å²) >= 11 is 0. The molecule has 1 rings (SSSR count). The number of nitrogens with one attached hydrogen (secondary N) is 1. The molecule has 0 aromatic heterocycles. The van der Waals surface area contributed by atoms with Crippen molar-refractivity contribution in [3.05, 3.63) is 23.8 Å². The Hall–Kier alpha value is -2.02. The summed E-state index contributed by atoms with van der Waals surface area (Å²) < 4.78 is 5.52. The summed E-state index contributed by atoms with van der Waals surface area (Å²) in [6, 6.07) is 6.95. The van der Waals surface area contributed by atoms with E-state index in [1.165, 1.54) is 6.92 Å². The summed E-state index contributed by atoms with van der Waals surface area (Å²) in [5.74, 6) is 0.382. The van der Waals surface area contributed by atoms with Gasteiger partial charge in [-0.25, -0.2) is 0 Å². The molecule has 0 unspecified atom stereocenters.